The van der Waals surface area contributed by atoms with Crippen LogP contribution >= 0.6 is 0 Å². The quantitative estimate of drug-likeness (QED) is 0.396. The van der Waals surface area contributed by atoms with Crippen LogP contribution in [0.1, 0.15) is 70.6 Å². The molecule has 0 unspecified atom stereocenters. The number of H-pyrrole nitrogens is 1. The van der Waals surface area contributed by atoms with Crippen LogP contribution in [-0.4, -0.2) is 21.8 Å². The fourth-order valence-electron chi connectivity index (χ4n) is 8.28. The summed E-state index contributed by atoms with van der Waals surface area (Å²) in [5.41, 5.74) is 4.42. The second-order valence-electron chi connectivity index (χ2n) is 12.5. The molecule has 6 nitrogen and oxygen atoms in total. The summed E-state index contributed by atoms with van der Waals surface area (Å²) in [5, 5.41) is 5.07. The van der Waals surface area contributed by atoms with Gasteiger partial charge in [-0.1, -0.05) is 19.3 Å². The van der Waals surface area contributed by atoms with Crippen molar-refractivity contribution in [3.8, 4) is 11.4 Å². The maximum atomic E-state index is 13.5. The highest BCUT2D eigenvalue weighted by atomic mass is 16.2. The first kappa shape index (κ1) is 23.2. The number of imidazole rings is 1. The maximum Gasteiger partial charge on any atom is 0.318 e. The summed E-state index contributed by atoms with van der Waals surface area (Å²) < 4.78 is 0. The molecule has 2 aromatic carbocycles. The molecule has 0 saturated heterocycles. The number of hydrogen-bond acceptors (Lipinski definition) is 3. The molecule has 4 N–H and O–H groups in total. The van der Waals surface area contributed by atoms with Crippen molar-refractivity contribution in [3.63, 3.8) is 0 Å². The van der Waals surface area contributed by atoms with Gasteiger partial charge in [-0.25, -0.2) is 9.78 Å². The van der Waals surface area contributed by atoms with E-state index in [1.165, 1.54) is 38.5 Å². The molecule has 1 heterocycles. The average Bonchev–Trinajstić information content (AvgIpc) is 3.32. The molecule has 8 rings (SSSR count). The Bertz CT molecular complexity index is 1300. The maximum absolute atomic E-state index is 13.5. The Morgan fingerprint density at radius 1 is 0.892 bits per heavy atom. The fraction of sp³-hybridized carbons (Fsp3) is 0.516. The van der Waals surface area contributed by atoms with E-state index in [0.717, 1.165) is 83.7 Å². The third-order valence-corrected chi connectivity index (χ3v) is 9.76. The van der Waals surface area contributed by atoms with Gasteiger partial charge >= 0.3 is 5.91 Å². The number of aromatic nitrogens is 2. The topological polar surface area (TPSA) is 91.5 Å². The average molecular weight is 498 g/mol. The van der Waals surface area contributed by atoms with E-state index < -0.39 is 0 Å². The molecule has 3 aromatic rings. The Labute approximate surface area is 218 Å². The molecule has 0 atom stereocenters. The van der Waals surface area contributed by atoms with Gasteiger partial charge in [0.05, 0.1) is 22.4 Å². The summed E-state index contributed by atoms with van der Waals surface area (Å²) in [6.07, 6.45) is 12.9. The Balaban J connectivity index is 1.04. The van der Waals surface area contributed by atoms with E-state index in [-0.39, 0.29) is 23.1 Å². The van der Waals surface area contributed by atoms with E-state index in [1.54, 1.807) is 5.32 Å². The van der Waals surface area contributed by atoms with E-state index in [1.807, 2.05) is 42.5 Å². The molecule has 6 heteroatoms. The summed E-state index contributed by atoms with van der Waals surface area (Å²) in [4.78, 5) is 34.3. The van der Waals surface area contributed by atoms with E-state index >= 15 is 0 Å². The van der Waals surface area contributed by atoms with Crippen molar-refractivity contribution in [2.75, 3.05) is 5.32 Å². The van der Waals surface area contributed by atoms with Crippen molar-refractivity contribution in [2.45, 2.75) is 70.6 Å². The minimum atomic E-state index is -0.153. The molecule has 1 aromatic heterocycles. The number of nitrogens with two attached hydrogens (primary N) is 1. The van der Waals surface area contributed by atoms with Crippen LogP contribution in [0.25, 0.3) is 22.4 Å². The Morgan fingerprint density at radius 2 is 1.57 bits per heavy atom. The standard InChI is InChI=1S/C31H36N4O2/c36-29(23-4-2-1-3-5-23)32-24-8-6-22(7-9-24)28-34-26-11-10-25(15-27(26)35-28)33-30(37)31-16-19-12-20(17-31)14-21(13-19)18-31/h6-11,15,19-21,23H,1-5,12-14,16-18H2,(H,32,36)(H,33,37)(H,34,35)/p+1. The molecule has 37 heavy (non-hydrogen) atoms. The predicted octanol–water partition coefficient (Wildman–Crippen LogP) is 5.69. The van der Waals surface area contributed by atoms with Gasteiger partial charge in [0.25, 0.3) is 0 Å². The van der Waals surface area contributed by atoms with Crippen molar-refractivity contribution < 1.29 is 14.9 Å². The van der Waals surface area contributed by atoms with Crippen LogP contribution in [0.4, 0.5) is 11.4 Å². The molecule has 5 saturated carbocycles. The number of amides is 2. The molecule has 192 valence electrons. The summed E-state index contributed by atoms with van der Waals surface area (Å²) in [6, 6.07) is 14.0. The smallest absolute Gasteiger partial charge is 0.318 e. The predicted molar refractivity (Wildman–Crippen MR) is 144 cm³/mol. The Morgan fingerprint density at radius 3 is 2.24 bits per heavy atom. The highest BCUT2D eigenvalue weighted by molar-refractivity contribution is 5.97. The fourth-order valence-corrected chi connectivity index (χ4v) is 8.28. The number of anilines is 1. The van der Waals surface area contributed by atoms with Gasteiger partial charge in [0.1, 0.15) is 11.5 Å². The van der Waals surface area contributed by atoms with E-state index in [0.29, 0.717) is 0 Å². The zero-order valence-corrected chi connectivity index (χ0v) is 21.5. The van der Waals surface area contributed by atoms with Crippen LogP contribution in [0.15, 0.2) is 42.5 Å². The van der Waals surface area contributed by atoms with E-state index in [9.17, 15) is 9.59 Å². The number of fused-ring (bicyclic) bond motifs is 1. The number of benzene rings is 2. The number of nitrogens with one attached hydrogen (secondary N) is 2. The van der Waals surface area contributed by atoms with Crippen molar-refractivity contribution in [2.24, 2.45) is 29.1 Å². The molecule has 0 aliphatic heterocycles. The van der Waals surface area contributed by atoms with E-state index in [2.05, 4.69) is 10.3 Å². The first-order valence-corrected chi connectivity index (χ1v) is 14.3. The number of quaternary nitrogens is 1. The number of carbonyl (C=O) groups excluding carboxylic acids is 2. The van der Waals surface area contributed by atoms with Crippen molar-refractivity contribution in [1.82, 2.24) is 9.97 Å². The number of rotatable bonds is 5. The zero-order chi connectivity index (χ0) is 25.0. The largest absolute Gasteiger partial charge is 0.338 e. The second kappa shape index (κ2) is 9.09. The summed E-state index contributed by atoms with van der Waals surface area (Å²) in [7, 11) is 0. The highest BCUT2D eigenvalue weighted by Crippen LogP contribution is 2.60. The van der Waals surface area contributed by atoms with Gasteiger partial charge < -0.3 is 10.3 Å². The second-order valence-corrected chi connectivity index (χ2v) is 12.5. The summed E-state index contributed by atoms with van der Waals surface area (Å²) in [6.45, 7) is 0. The van der Waals surface area contributed by atoms with Gasteiger partial charge in [-0.3, -0.25) is 10.1 Å². The minimum Gasteiger partial charge on any atom is -0.338 e. The normalized spacial score (nSPS) is 29.0. The number of hydrogen-bond donors (Lipinski definition) is 3. The molecule has 4 bridgehead atoms. The third-order valence-electron chi connectivity index (χ3n) is 9.76. The molecular weight excluding hydrogens is 460 g/mol. The highest BCUT2D eigenvalue weighted by Gasteiger charge is 2.54. The molecule has 5 fully saturated rings. The SMILES string of the molecule is O=C([NH2+]c1ccc(-c2nc3ccc(NC(=O)C45CC6CC(CC(C6)C4)C5)cc3[nH]2)cc1)C1CCCCC1. The van der Waals surface area contributed by atoms with Crippen LogP contribution < -0.4 is 10.6 Å². The third kappa shape index (κ3) is 4.39. The van der Waals surface area contributed by atoms with Gasteiger partial charge in [0, 0.05) is 23.4 Å². The first-order valence-electron chi connectivity index (χ1n) is 14.3. The van der Waals surface area contributed by atoms with Crippen molar-refractivity contribution >= 4 is 34.2 Å². The molecule has 2 amide bonds. The Kier molecular flexibility index (Phi) is 5.69. The van der Waals surface area contributed by atoms with Crippen molar-refractivity contribution in [3.05, 3.63) is 42.5 Å². The van der Waals surface area contributed by atoms with Gasteiger partial charge in [-0.2, -0.15) is 0 Å². The lowest BCUT2D eigenvalue weighted by atomic mass is 9.49. The number of nitrogens with zero attached hydrogens (tertiary/aromatic N) is 1. The van der Waals surface area contributed by atoms with Crippen LogP contribution in [0.2, 0.25) is 0 Å². The number of primary amides is 1. The van der Waals surface area contributed by atoms with Crippen LogP contribution in [0, 0.1) is 29.1 Å². The molecule has 0 spiro atoms. The molecular formula is C31H37N4O2+. The Hall–Kier alpha value is -2.99. The van der Waals surface area contributed by atoms with Gasteiger partial charge in [-0.15, -0.1) is 0 Å². The van der Waals surface area contributed by atoms with Crippen molar-refractivity contribution in [1.29, 1.82) is 0 Å². The lowest BCUT2D eigenvalue weighted by Crippen LogP contribution is -2.84. The van der Waals surface area contributed by atoms with Crippen LogP contribution in [0.3, 0.4) is 0 Å². The first-order chi connectivity index (χ1) is 18.0. The van der Waals surface area contributed by atoms with Gasteiger partial charge in [0.2, 0.25) is 5.91 Å². The monoisotopic (exact) mass is 497 g/mol. The minimum absolute atomic E-state index is 0.153. The summed E-state index contributed by atoms with van der Waals surface area (Å²) in [5.74, 6) is 3.74. The summed E-state index contributed by atoms with van der Waals surface area (Å²) >= 11 is 0. The number of carbonyl (C=O) groups is 2. The lowest BCUT2D eigenvalue weighted by Gasteiger charge is -2.55. The van der Waals surface area contributed by atoms with E-state index in [4.69, 9.17) is 4.98 Å². The van der Waals surface area contributed by atoms with Gasteiger partial charge in [0.15, 0.2) is 0 Å². The molecule has 0 radical (unpaired) electrons. The molecule has 5 aliphatic rings. The number of aromatic amines is 1. The molecule has 5 aliphatic carbocycles. The lowest BCUT2D eigenvalue weighted by molar-refractivity contribution is -0.488. The van der Waals surface area contributed by atoms with Crippen LogP contribution in [-0.2, 0) is 9.59 Å². The zero-order valence-electron chi connectivity index (χ0n) is 21.5. The van der Waals surface area contributed by atoms with Gasteiger partial charge in [-0.05, 0) is 99.5 Å². The van der Waals surface area contributed by atoms with Crippen LogP contribution in [0.5, 0.6) is 0 Å².